The first-order chi connectivity index (χ1) is 9.03. The molecule has 0 aromatic carbocycles. The summed E-state index contributed by atoms with van der Waals surface area (Å²) in [6.45, 7) is 5.50. The highest BCUT2D eigenvalue weighted by atomic mass is 16.6. The zero-order chi connectivity index (χ0) is 14.3. The minimum atomic E-state index is -0.416. The Morgan fingerprint density at radius 3 is 2.32 bits per heavy atom. The van der Waals surface area contributed by atoms with Crippen molar-refractivity contribution in [1.82, 2.24) is 0 Å². The van der Waals surface area contributed by atoms with Crippen LogP contribution in [0.25, 0.3) is 0 Å². The van der Waals surface area contributed by atoms with Crippen molar-refractivity contribution >= 4 is 11.9 Å². The first kappa shape index (κ1) is 16.0. The van der Waals surface area contributed by atoms with Crippen LogP contribution < -0.4 is 0 Å². The van der Waals surface area contributed by atoms with Crippen molar-refractivity contribution in [2.75, 3.05) is 6.61 Å². The Balaban J connectivity index is 2.39. The van der Waals surface area contributed by atoms with Gasteiger partial charge in [-0.15, -0.1) is 0 Å². The van der Waals surface area contributed by atoms with Gasteiger partial charge in [0.1, 0.15) is 5.60 Å². The van der Waals surface area contributed by atoms with E-state index in [0.29, 0.717) is 6.42 Å². The fraction of sp³-hybridized carbons (Fsp3) is 0.867. The summed E-state index contributed by atoms with van der Waals surface area (Å²) in [5.74, 6) is -0.906. The molecule has 0 N–H and O–H groups in total. The molecule has 1 aliphatic carbocycles. The topological polar surface area (TPSA) is 52.6 Å². The van der Waals surface area contributed by atoms with Crippen molar-refractivity contribution in [3.8, 4) is 0 Å². The highest BCUT2D eigenvalue weighted by Gasteiger charge is 2.34. The SMILES string of the molecule is CCC(C)C(=O)OCC(=O)OC1(CC)CCCCC1. The second-order valence-corrected chi connectivity index (χ2v) is 5.49. The third kappa shape index (κ3) is 4.84. The van der Waals surface area contributed by atoms with Gasteiger partial charge in [-0.05, 0) is 38.5 Å². The first-order valence-electron chi connectivity index (χ1n) is 7.41. The van der Waals surface area contributed by atoms with Gasteiger partial charge in [-0.25, -0.2) is 4.79 Å². The number of esters is 2. The van der Waals surface area contributed by atoms with Crippen molar-refractivity contribution < 1.29 is 19.1 Å². The average molecular weight is 270 g/mol. The monoisotopic (exact) mass is 270 g/mol. The zero-order valence-electron chi connectivity index (χ0n) is 12.4. The molecule has 4 heteroatoms. The lowest BCUT2D eigenvalue weighted by Gasteiger charge is -2.35. The molecule has 1 saturated carbocycles. The Morgan fingerprint density at radius 1 is 1.16 bits per heavy atom. The molecule has 0 bridgehead atoms. The molecule has 0 aromatic rings. The molecule has 1 fully saturated rings. The summed E-state index contributed by atoms with van der Waals surface area (Å²) < 4.78 is 10.5. The van der Waals surface area contributed by atoms with Gasteiger partial charge in [-0.2, -0.15) is 0 Å². The van der Waals surface area contributed by atoms with Crippen molar-refractivity contribution in [3.63, 3.8) is 0 Å². The van der Waals surface area contributed by atoms with Crippen LogP contribution in [0.2, 0.25) is 0 Å². The maximum Gasteiger partial charge on any atom is 0.344 e. The number of carbonyl (C=O) groups excluding carboxylic acids is 2. The van der Waals surface area contributed by atoms with Crippen LogP contribution in [0.5, 0.6) is 0 Å². The quantitative estimate of drug-likeness (QED) is 0.695. The Hall–Kier alpha value is -1.06. The smallest absolute Gasteiger partial charge is 0.344 e. The normalized spacial score (nSPS) is 19.5. The molecule has 19 heavy (non-hydrogen) atoms. The first-order valence-corrected chi connectivity index (χ1v) is 7.41. The van der Waals surface area contributed by atoms with E-state index in [1.807, 2.05) is 13.8 Å². The standard InChI is InChI=1S/C15H26O4/c1-4-12(3)14(17)18-11-13(16)19-15(5-2)9-7-6-8-10-15/h12H,4-11H2,1-3H3. The van der Waals surface area contributed by atoms with Gasteiger partial charge in [0, 0.05) is 0 Å². The van der Waals surface area contributed by atoms with E-state index in [4.69, 9.17) is 9.47 Å². The molecule has 0 spiro atoms. The third-order valence-electron chi connectivity index (χ3n) is 4.09. The average Bonchev–Trinajstić information content (AvgIpc) is 2.44. The van der Waals surface area contributed by atoms with Crippen molar-refractivity contribution in [2.45, 2.75) is 71.3 Å². The van der Waals surface area contributed by atoms with Crippen LogP contribution >= 0.6 is 0 Å². The summed E-state index contributed by atoms with van der Waals surface area (Å²) in [5.41, 5.74) is -0.321. The molecule has 110 valence electrons. The molecule has 0 aliphatic heterocycles. The largest absolute Gasteiger partial charge is 0.457 e. The van der Waals surface area contributed by atoms with E-state index >= 15 is 0 Å². The molecular weight excluding hydrogens is 244 g/mol. The summed E-state index contributed by atoms with van der Waals surface area (Å²) in [5, 5.41) is 0. The molecular formula is C15H26O4. The summed E-state index contributed by atoms with van der Waals surface area (Å²) in [6.07, 6.45) is 6.82. The van der Waals surface area contributed by atoms with Crippen LogP contribution in [-0.2, 0) is 19.1 Å². The molecule has 1 aliphatic rings. The molecule has 4 nitrogen and oxygen atoms in total. The van der Waals surface area contributed by atoms with E-state index in [-0.39, 0.29) is 24.1 Å². The van der Waals surface area contributed by atoms with Gasteiger partial charge in [0.05, 0.1) is 5.92 Å². The molecule has 0 amide bonds. The molecule has 1 rings (SSSR count). The molecule has 0 aromatic heterocycles. The highest BCUT2D eigenvalue weighted by molar-refractivity contribution is 5.77. The van der Waals surface area contributed by atoms with E-state index in [9.17, 15) is 9.59 Å². The Morgan fingerprint density at radius 2 is 1.79 bits per heavy atom. The summed E-state index contributed by atoms with van der Waals surface area (Å²) in [4.78, 5) is 23.3. The minimum absolute atomic E-state index is 0.164. The number of hydrogen-bond donors (Lipinski definition) is 0. The molecule has 1 atom stereocenters. The predicted octanol–water partition coefficient (Wildman–Crippen LogP) is 3.23. The maximum absolute atomic E-state index is 11.8. The third-order valence-corrected chi connectivity index (χ3v) is 4.09. The van der Waals surface area contributed by atoms with Crippen LogP contribution in [0.15, 0.2) is 0 Å². The lowest BCUT2D eigenvalue weighted by Crippen LogP contribution is -2.38. The van der Waals surface area contributed by atoms with E-state index in [2.05, 4.69) is 0 Å². The molecule has 1 unspecified atom stereocenters. The van der Waals surface area contributed by atoms with Crippen LogP contribution in [-0.4, -0.2) is 24.1 Å². The lowest BCUT2D eigenvalue weighted by molar-refractivity contribution is -0.174. The molecule has 0 heterocycles. The van der Waals surface area contributed by atoms with Gasteiger partial charge in [-0.3, -0.25) is 4.79 Å². The highest BCUT2D eigenvalue weighted by Crippen LogP contribution is 2.34. The molecule has 0 radical (unpaired) electrons. The van der Waals surface area contributed by atoms with Gasteiger partial charge in [0.15, 0.2) is 6.61 Å². The lowest BCUT2D eigenvalue weighted by atomic mass is 9.83. The van der Waals surface area contributed by atoms with Gasteiger partial charge >= 0.3 is 11.9 Å². The number of rotatable bonds is 6. The van der Waals surface area contributed by atoms with Crippen molar-refractivity contribution in [3.05, 3.63) is 0 Å². The molecule has 0 saturated heterocycles. The van der Waals surface area contributed by atoms with E-state index in [1.54, 1.807) is 6.92 Å². The second-order valence-electron chi connectivity index (χ2n) is 5.49. The predicted molar refractivity (Wildman–Crippen MR) is 72.6 cm³/mol. The number of carbonyl (C=O) groups is 2. The van der Waals surface area contributed by atoms with E-state index < -0.39 is 5.97 Å². The zero-order valence-corrected chi connectivity index (χ0v) is 12.4. The summed E-state index contributed by atoms with van der Waals surface area (Å²) in [6, 6.07) is 0. The van der Waals surface area contributed by atoms with Crippen LogP contribution in [0.4, 0.5) is 0 Å². The van der Waals surface area contributed by atoms with Crippen molar-refractivity contribution in [2.24, 2.45) is 5.92 Å². The Kier molecular flexibility index (Phi) is 6.32. The van der Waals surface area contributed by atoms with Gasteiger partial charge in [0.2, 0.25) is 0 Å². The maximum atomic E-state index is 11.8. The van der Waals surface area contributed by atoms with Crippen LogP contribution in [0.1, 0.15) is 65.7 Å². The van der Waals surface area contributed by atoms with Gasteiger partial charge in [-0.1, -0.05) is 27.2 Å². The summed E-state index contributed by atoms with van der Waals surface area (Å²) >= 11 is 0. The van der Waals surface area contributed by atoms with E-state index in [0.717, 1.165) is 32.1 Å². The van der Waals surface area contributed by atoms with Gasteiger partial charge in [0.25, 0.3) is 0 Å². The van der Waals surface area contributed by atoms with Crippen LogP contribution in [0, 0.1) is 5.92 Å². The van der Waals surface area contributed by atoms with Crippen molar-refractivity contribution in [1.29, 1.82) is 0 Å². The van der Waals surface area contributed by atoms with Crippen LogP contribution in [0.3, 0.4) is 0 Å². The minimum Gasteiger partial charge on any atom is -0.457 e. The fourth-order valence-corrected chi connectivity index (χ4v) is 2.43. The summed E-state index contributed by atoms with van der Waals surface area (Å²) in [7, 11) is 0. The fourth-order valence-electron chi connectivity index (χ4n) is 2.43. The second kappa shape index (κ2) is 7.51. The number of hydrogen-bond acceptors (Lipinski definition) is 4. The van der Waals surface area contributed by atoms with Gasteiger partial charge < -0.3 is 9.47 Å². The Labute approximate surface area is 115 Å². The van der Waals surface area contributed by atoms with E-state index in [1.165, 1.54) is 6.42 Å². The number of ether oxygens (including phenoxy) is 2. The Bertz CT molecular complexity index is 305.